The molecule has 2 heteroatoms. The van der Waals surface area contributed by atoms with Gasteiger partial charge in [0.25, 0.3) is 0 Å². The summed E-state index contributed by atoms with van der Waals surface area (Å²) < 4.78 is 0. The number of allylic oxidation sites excluding steroid dienone is 1. The zero-order valence-electron chi connectivity index (χ0n) is 18.2. The lowest BCUT2D eigenvalue weighted by Gasteiger charge is -2.43. The number of carbonyl (C=O) groups is 1. The van der Waals surface area contributed by atoms with Crippen LogP contribution in [0.25, 0.3) is 0 Å². The minimum Gasteiger partial charge on any atom is -0.372 e. The smallest absolute Gasteiger partial charge is 0.191 e. The molecular formula is C24H37NO. The molecule has 0 N–H and O–H groups in total. The van der Waals surface area contributed by atoms with Crippen molar-refractivity contribution in [3.8, 4) is 12.3 Å². The van der Waals surface area contributed by atoms with Crippen LogP contribution in [0.1, 0.15) is 77.7 Å². The fraction of sp³-hybridized carbons (Fsp3) is 0.542. The normalized spacial score (nSPS) is 15.4. The predicted molar refractivity (Wildman–Crippen MR) is 114 cm³/mol. The molecule has 0 radical (unpaired) electrons. The molecule has 1 heterocycles. The van der Waals surface area contributed by atoms with E-state index >= 15 is 0 Å². The molecule has 144 valence electrons. The van der Waals surface area contributed by atoms with Gasteiger partial charge in [-0.1, -0.05) is 57.5 Å². The van der Waals surface area contributed by atoms with E-state index in [9.17, 15) is 4.79 Å². The van der Waals surface area contributed by atoms with Crippen LogP contribution in [0.4, 0.5) is 0 Å². The summed E-state index contributed by atoms with van der Waals surface area (Å²) in [6.07, 6.45) is 7.69. The molecule has 1 aromatic carbocycles. The second-order valence-electron chi connectivity index (χ2n) is 8.02. The molecule has 0 saturated heterocycles. The van der Waals surface area contributed by atoms with Crippen LogP contribution in [0.15, 0.2) is 36.0 Å². The molecule has 0 spiro atoms. The lowest BCUT2D eigenvalue weighted by molar-refractivity contribution is 0.0964. The molecule has 1 aromatic rings. The Balaban J connectivity index is 0.00000113. The van der Waals surface area contributed by atoms with Crippen molar-refractivity contribution in [2.24, 2.45) is 5.41 Å². The summed E-state index contributed by atoms with van der Waals surface area (Å²) in [5.74, 6) is 2.41. The maximum absolute atomic E-state index is 12.9. The van der Waals surface area contributed by atoms with Crippen LogP contribution < -0.4 is 0 Å². The molecule has 0 unspecified atom stereocenters. The Morgan fingerprint density at radius 2 is 1.62 bits per heavy atom. The first-order valence-electron chi connectivity index (χ1n) is 9.50. The molecule has 0 amide bonds. The molecule has 0 bridgehead atoms. The summed E-state index contributed by atoms with van der Waals surface area (Å²) >= 11 is 0. The monoisotopic (exact) mass is 355 g/mol. The van der Waals surface area contributed by atoms with Crippen LogP contribution in [0, 0.1) is 24.7 Å². The lowest BCUT2D eigenvalue weighted by atomic mass is 9.75. The summed E-state index contributed by atoms with van der Waals surface area (Å²) in [6, 6.07) is 7.88. The quantitative estimate of drug-likeness (QED) is 0.461. The van der Waals surface area contributed by atoms with E-state index in [0.717, 1.165) is 24.1 Å². The van der Waals surface area contributed by atoms with E-state index in [1.807, 2.05) is 45.0 Å². The van der Waals surface area contributed by atoms with Gasteiger partial charge in [-0.15, -0.1) is 12.3 Å². The highest BCUT2D eigenvalue weighted by Gasteiger charge is 2.35. The molecule has 1 aliphatic rings. The molecule has 2 rings (SSSR count). The van der Waals surface area contributed by atoms with Gasteiger partial charge in [0.05, 0.1) is 0 Å². The fourth-order valence-corrected chi connectivity index (χ4v) is 2.69. The summed E-state index contributed by atoms with van der Waals surface area (Å²) in [4.78, 5) is 15.2. The van der Waals surface area contributed by atoms with Gasteiger partial charge in [-0.25, -0.2) is 0 Å². The minimum atomic E-state index is -0.0658. The standard InChI is InChI=1S/C19H27NO.C3H4.C2H6/c1-14-7-9-15(10-8-14)17(21)16-13-20(18(2,3)4)12-11-19(16,5)6;1-3-2;1-2/h7-10,13H,11-12H2,1-6H3;1H,2H3;1-2H3. The Bertz CT molecular complexity index is 636. The van der Waals surface area contributed by atoms with Gasteiger partial charge in [0.1, 0.15) is 0 Å². The molecule has 1 aliphatic heterocycles. The predicted octanol–water partition coefficient (Wildman–Crippen LogP) is 6.26. The summed E-state index contributed by atoms with van der Waals surface area (Å²) in [5, 5.41) is 0. The average molecular weight is 356 g/mol. The Morgan fingerprint density at radius 3 is 2.04 bits per heavy atom. The SMILES string of the molecule is C#CC.CC.Cc1ccc(C(=O)C2=CN(C(C)(C)C)CCC2(C)C)cc1. The molecule has 0 fully saturated rings. The summed E-state index contributed by atoms with van der Waals surface area (Å²) in [7, 11) is 0. The van der Waals surface area contributed by atoms with Crippen LogP contribution in [0.2, 0.25) is 0 Å². The Labute approximate surface area is 161 Å². The number of hydrogen-bond donors (Lipinski definition) is 0. The molecule has 0 atom stereocenters. The van der Waals surface area contributed by atoms with Crippen molar-refractivity contribution >= 4 is 5.78 Å². The Morgan fingerprint density at radius 1 is 1.15 bits per heavy atom. The number of Topliss-reactive ketones (excluding diaryl/α,β-unsaturated/α-hetero) is 1. The average Bonchev–Trinajstić information content (AvgIpc) is 2.56. The van der Waals surface area contributed by atoms with Crippen LogP contribution in [0.5, 0.6) is 0 Å². The Hall–Kier alpha value is -2.01. The zero-order chi connectivity index (χ0) is 20.5. The summed E-state index contributed by atoms with van der Waals surface area (Å²) in [5.41, 5.74) is 2.88. The first kappa shape index (κ1) is 24.0. The van der Waals surface area contributed by atoms with Gasteiger partial charge in [0.2, 0.25) is 0 Å². The highest BCUT2D eigenvalue weighted by molar-refractivity contribution is 6.09. The molecular weight excluding hydrogens is 318 g/mol. The molecule has 0 aromatic heterocycles. The number of carbonyl (C=O) groups excluding carboxylic acids is 1. The van der Waals surface area contributed by atoms with E-state index in [2.05, 4.69) is 58.1 Å². The van der Waals surface area contributed by atoms with Gasteiger partial charge in [0.15, 0.2) is 5.78 Å². The molecule has 0 aliphatic carbocycles. The number of aryl methyl sites for hydroxylation is 1. The largest absolute Gasteiger partial charge is 0.372 e. The van der Waals surface area contributed by atoms with E-state index in [-0.39, 0.29) is 16.7 Å². The van der Waals surface area contributed by atoms with Crippen LogP contribution in [0.3, 0.4) is 0 Å². The maximum atomic E-state index is 12.9. The van der Waals surface area contributed by atoms with E-state index in [0.29, 0.717) is 0 Å². The van der Waals surface area contributed by atoms with Gasteiger partial charge >= 0.3 is 0 Å². The van der Waals surface area contributed by atoms with Crippen molar-refractivity contribution in [1.82, 2.24) is 4.90 Å². The number of terminal acetylenes is 1. The fourth-order valence-electron chi connectivity index (χ4n) is 2.69. The van der Waals surface area contributed by atoms with E-state index in [1.54, 1.807) is 6.92 Å². The summed E-state index contributed by atoms with van der Waals surface area (Å²) in [6.45, 7) is 19.6. The van der Waals surface area contributed by atoms with Crippen molar-refractivity contribution in [2.45, 2.75) is 74.3 Å². The first-order valence-corrected chi connectivity index (χ1v) is 9.50. The van der Waals surface area contributed by atoms with Gasteiger partial charge in [-0.05, 0) is 46.5 Å². The van der Waals surface area contributed by atoms with Crippen molar-refractivity contribution in [2.75, 3.05) is 6.54 Å². The molecule has 26 heavy (non-hydrogen) atoms. The topological polar surface area (TPSA) is 20.3 Å². The van der Waals surface area contributed by atoms with Crippen molar-refractivity contribution < 1.29 is 4.79 Å². The number of benzene rings is 1. The van der Waals surface area contributed by atoms with Gasteiger partial charge < -0.3 is 4.90 Å². The number of hydrogen-bond acceptors (Lipinski definition) is 2. The highest BCUT2D eigenvalue weighted by Crippen LogP contribution is 2.38. The molecule has 2 nitrogen and oxygen atoms in total. The second kappa shape index (κ2) is 10.2. The third-order valence-corrected chi connectivity index (χ3v) is 4.41. The van der Waals surface area contributed by atoms with E-state index in [4.69, 9.17) is 0 Å². The van der Waals surface area contributed by atoms with Gasteiger partial charge in [0, 0.05) is 29.4 Å². The van der Waals surface area contributed by atoms with E-state index in [1.165, 1.54) is 5.56 Å². The van der Waals surface area contributed by atoms with Crippen LogP contribution in [-0.4, -0.2) is 22.8 Å². The maximum Gasteiger partial charge on any atom is 0.191 e. The number of nitrogens with zero attached hydrogens (tertiary/aromatic N) is 1. The first-order chi connectivity index (χ1) is 12.0. The minimum absolute atomic E-state index is 0.0509. The third kappa shape index (κ3) is 6.71. The third-order valence-electron chi connectivity index (χ3n) is 4.41. The molecule has 0 saturated carbocycles. The van der Waals surface area contributed by atoms with E-state index < -0.39 is 0 Å². The number of ketones is 1. The van der Waals surface area contributed by atoms with Crippen LogP contribution >= 0.6 is 0 Å². The van der Waals surface area contributed by atoms with Crippen LogP contribution in [-0.2, 0) is 0 Å². The van der Waals surface area contributed by atoms with Gasteiger partial charge in [-0.2, -0.15) is 0 Å². The van der Waals surface area contributed by atoms with Crippen molar-refractivity contribution in [1.29, 1.82) is 0 Å². The highest BCUT2D eigenvalue weighted by atomic mass is 16.1. The number of rotatable bonds is 2. The lowest BCUT2D eigenvalue weighted by Crippen LogP contribution is -2.44. The van der Waals surface area contributed by atoms with Gasteiger partial charge in [-0.3, -0.25) is 4.79 Å². The second-order valence-corrected chi connectivity index (χ2v) is 8.02. The zero-order valence-corrected chi connectivity index (χ0v) is 18.2. The Kier molecular flexibility index (Phi) is 9.43. The van der Waals surface area contributed by atoms with Crippen molar-refractivity contribution in [3.63, 3.8) is 0 Å². The van der Waals surface area contributed by atoms with Crippen molar-refractivity contribution in [3.05, 3.63) is 47.2 Å².